The van der Waals surface area contributed by atoms with Gasteiger partial charge < -0.3 is 14.1 Å². The van der Waals surface area contributed by atoms with Gasteiger partial charge in [0.15, 0.2) is 5.76 Å². The van der Waals surface area contributed by atoms with Crippen molar-refractivity contribution < 1.29 is 23.5 Å². The zero-order chi connectivity index (χ0) is 22.7. The van der Waals surface area contributed by atoms with Crippen LogP contribution in [0.25, 0.3) is 6.08 Å². The molecule has 4 atom stereocenters. The van der Waals surface area contributed by atoms with Gasteiger partial charge in [-0.05, 0) is 41.5 Å². The molecular formula is C26H20N2O5. The number of para-hydroxylation sites is 2. The quantitative estimate of drug-likeness (QED) is 0.455. The molecule has 7 heteroatoms. The van der Waals surface area contributed by atoms with Crippen molar-refractivity contribution in [2.24, 2.45) is 11.8 Å². The van der Waals surface area contributed by atoms with Crippen LogP contribution in [0.4, 0.5) is 5.69 Å². The van der Waals surface area contributed by atoms with Crippen molar-refractivity contribution in [3.63, 3.8) is 0 Å². The number of furan rings is 1. The zero-order valence-corrected chi connectivity index (χ0v) is 17.8. The third-order valence-corrected chi connectivity index (χ3v) is 6.82. The average Bonchev–Trinajstić information content (AvgIpc) is 3.55. The minimum absolute atomic E-state index is 0.169. The first-order valence-electron chi connectivity index (χ1n) is 10.7. The van der Waals surface area contributed by atoms with Gasteiger partial charge in [0.2, 0.25) is 17.6 Å². The van der Waals surface area contributed by atoms with Crippen LogP contribution in [0.3, 0.4) is 0 Å². The number of hydrogen-bond donors (Lipinski definition) is 0. The number of nitrogens with zero attached hydrogens (tertiary/aromatic N) is 2. The minimum Gasteiger partial charge on any atom is -0.495 e. The minimum atomic E-state index is -0.855. The zero-order valence-electron chi connectivity index (χ0n) is 17.8. The monoisotopic (exact) mass is 440 g/mol. The van der Waals surface area contributed by atoms with E-state index in [0.717, 1.165) is 11.1 Å². The molecule has 1 aromatic heterocycles. The van der Waals surface area contributed by atoms with Gasteiger partial charge in [-0.25, -0.2) is 4.90 Å². The molecule has 0 saturated carbocycles. The number of imide groups is 1. The molecule has 33 heavy (non-hydrogen) atoms. The Morgan fingerprint density at radius 3 is 2.48 bits per heavy atom. The molecule has 2 saturated heterocycles. The van der Waals surface area contributed by atoms with E-state index in [1.165, 1.54) is 18.3 Å². The molecule has 0 unspecified atom stereocenters. The number of benzene rings is 2. The number of fused-ring (bicyclic) bond motifs is 5. The van der Waals surface area contributed by atoms with E-state index in [1.54, 1.807) is 36.4 Å². The number of methoxy groups -OCH3 is 1. The standard InChI is InChI=1S/C26H20N2O5/c1-32-18-10-5-4-9-17(18)28-25(30)20-21(26(28)31)23(24(29)19-11-6-14-33-19)27-13-12-15-7-2-3-8-16(15)22(20)27/h2-14,20-23H,1H3/t20-,21+,22+,23+/m0/s1. The molecule has 3 aliphatic heterocycles. The predicted octanol–water partition coefficient (Wildman–Crippen LogP) is 3.69. The third-order valence-electron chi connectivity index (χ3n) is 6.82. The molecule has 0 spiro atoms. The fraction of sp³-hybridized carbons (Fsp3) is 0.192. The molecule has 0 bridgehead atoms. The van der Waals surface area contributed by atoms with E-state index < -0.39 is 29.8 Å². The van der Waals surface area contributed by atoms with Crippen LogP contribution in [0.15, 0.2) is 77.5 Å². The number of carbonyl (C=O) groups is 3. The lowest BCUT2D eigenvalue weighted by Crippen LogP contribution is -2.44. The van der Waals surface area contributed by atoms with Gasteiger partial charge in [0.25, 0.3) is 0 Å². The van der Waals surface area contributed by atoms with Crippen LogP contribution in [-0.4, -0.2) is 35.6 Å². The molecule has 0 N–H and O–H groups in total. The predicted molar refractivity (Wildman–Crippen MR) is 119 cm³/mol. The molecular weight excluding hydrogens is 420 g/mol. The average molecular weight is 440 g/mol. The largest absolute Gasteiger partial charge is 0.495 e. The fourth-order valence-corrected chi connectivity index (χ4v) is 5.47. The molecule has 2 amide bonds. The Bertz CT molecular complexity index is 1310. The number of rotatable bonds is 4. The summed E-state index contributed by atoms with van der Waals surface area (Å²) in [5.41, 5.74) is 2.28. The van der Waals surface area contributed by atoms with Crippen molar-refractivity contribution in [1.82, 2.24) is 4.90 Å². The van der Waals surface area contributed by atoms with Gasteiger partial charge >= 0.3 is 0 Å². The topological polar surface area (TPSA) is 80.1 Å². The van der Waals surface area contributed by atoms with E-state index in [4.69, 9.17) is 9.15 Å². The Balaban J connectivity index is 1.52. The number of ketones is 1. The Hall–Kier alpha value is -4.13. The summed E-state index contributed by atoms with van der Waals surface area (Å²) >= 11 is 0. The van der Waals surface area contributed by atoms with E-state index in [-0.39, 0.29) is 17.5 Å². The summed E-state index contributed by atoms with van der Waals surface area (Å²) in [6.07, 6.45) is 5.17. The highest BCUT2D eigenvalue weighted by Crippen LogP contribution is 2.54. The first-order valence-corrected chi connectivity index (χ1v) is 10.7. The van der Waals surface area contributed by atoms with Gasteiger partial charge in [0, 0.05) is 6.20 Å². The summed E-state index contributed by atoms with van der Waals surface area (Å²) in [7, 11) is 1.50. The molecule has 0 aliphatic carbocycles. The second-order valence-corrected chi connectivity index (χ2v) is 8.36. The molecule has 164 valence electrons. The normalized spacial score (nSPS) is 25.1. The maximum absolute atomic E-state index is 13.8. The number of hydrogen-bond acceptors (Lipinski definition) is 6. The highest BCUT2D eigenvalue weighted by Gasteiger charge is 2.65. The van der Waals surface area contributed by atoms with Crippen molar-refractivity contribution >= 4 is 29.4 Å². The smallest absolute Gasteiger partial charge is 0.240 e. The van der Waals surface area contributed by atoms with Crippen LogP contribution in [-0.2, 0) is 9.59 Å². The molecule has 4 heterocycles. The van der Waals surface area contributed by atoms with Crippen LogP contribution in [0.2, 0.25) is 0 Å². The Kier molecular flexibility index (Phi) is 4.26. The van der Waals surface area contributed by atoms with Gasteiger partial charge in [-0.2, -0.15) is 0 Å². The second-order valence-electron chi connectivity index (χ2n) is 8.36. The number of ether oxygens (including phenoxy) is 1. The van der Waals surface area contributed by atoms with E-state index in [1.807, 2.05) is 41.4 Å². The van der Waals surface area contributed by atoms with E-state index in [2.05, 4.69) is 0 Å². The maximum atomic E-state index is 13.8. The van der Waals surface area contributed by atoms with Crippen LogP contribution in [0.5, 0.6) is 5.75 Å². The summed E-state index contributed by atoms with van der Waals surface area (Å²) in [4.78, 5) is 44.3. The Labute approximate surface area is 189 Å². The summed E-state index contributed by atoms with van der Waals surface area (Å²) in [5, 5.41) is 0. The van der Waals surface area contributed by atoms with Crippen molar-refractivity contribution in [2.45, 2.75) is 12.1 Å². The first kappa shape index (κ1) is 19.5. The SMILES string of the molecule is COc1ccccc1N1C(=O)[C@@H]2[C@H](C1=O)[C@H]1c3ccccc3C=CN1[C@H]2C(=O)c1ccco1. The Morgan fingerprint density at radius 2 is 1.70 bits per heavy atom. The van der Waals surface area contributed by atoms with Gasteiger partial charge in [-0.1, -0.05) is 36.4 Å². The van der Waals surface area contributed by atoms with E-state index in [9.17, 15) is 14.4 Å². The lowest BCUT2D eigenvalue weighted by Gasteiger charge is -2.35. The van der Waals surface area contributed by atoms with Crippen molar-refractivity contribution in [2.75, 3.05) is 12.0 Å². The third kappa shape index (κ3) is 2.65. The summed E-state index contributed by atoms with van der Waals surface area (Å²) < 4.78 is 10.8. The van der Waals surface area contributed by atoms with Crippen molar-refractivity contribution in [1.29, 1.82) is 0 Å². The molecule has 3 aliphatic rings. The van der Waals surface area contributed by atoms with Gasteiger partial charge in [0.1, 0.15) is 11.8 Å². The Morgan fingerprint density at radius 1 is 0.939 bits per heavy atom. The highest BCUT2D eigenvalue weighted by atomic mass is 16.5. The molecule has 3 aromatic rings. The number of anilines is 1. The fourth-order valence-electron chi connectivity index (χ4n) is 5.47. The van der Waals surface area contributed by atoms with Gasteiger partial charge in [-0.3, -0.25) is 14.4 Å². The molecule has 0 radical (unpaired) electrons. The molecule has 2 fully saturated rings. The van der Waals surface area contributed by atoms with Crippen LogP contribution >= 0.6 is 0 Å². The molecule has 6 rings (SSSR count). The highest BCUT2D eigenvalue weighted by molar-refractivity contribution is 6.25. The van der Waals surface area contributed by atoms with E-state index >= 15 is 0 Å². The number of amides is 2. The lowest BCUT2D eigenvalue weighted by molar-refractivity contribution is -0.123. The number of Topliss-reactive ketones (excluding diaryl/α,β-unsaturated/α-hetero) is 1. The molecule has 2 aromatic carbocycles. The van der Waals surface area contributed by atoms with Crippen molar-refractivity contribution in [3.8, 4) is 5.75 Å². The van der Waals surface area contributed by atoms with Gasteiger partial charge in [-0.15, -0.1) is 0 Å². The van der Waals surface area contributed by atoms with Gasteiger partial charge in [0.05, 0.1) is 36.9 Å². The first-order chi connectivity index (χ1) is 16.1. The number of carbonyl (C=O) groups excluding carboxylic acids is 3. The van der Waals surface area contributed by atoms with Crippen molar-refractivity contribution in [3.05, 3.63) is 90.0 Å². The lowest BCUT2D eigenvalue weighted by atomic mass is 9.84. The second kappa shape index (κ2) is 7.20. The van der Waals surface area contributed by atoms with Crippen LogP contribution in [0, 0.1) is 11.8 Å². The maximum Gasteiger partial charge on any atom is 0.240 e. The summed E-state index contributed by atoms with van der Waals surface area (Å²) in [5.74, 6) is -2.01. The summed E-state index contributed by atoms with van der Waals surface area (Å²) in [6.45, 7) is 0. The molecule has 7 nitrogen and oxygen atoms in total. The van der Waals surface area contributed by atoms with E-state index in [0.29, 0.717) is 11.4 Å². The van der Waals surface area contributed by atoms with Crippen LogP contribution < -0.4 is 9.64 Å². The van der Waals surface area contributed by atoms with Crippen LogP contribution in [0.1, 0.15) is 27.7 Å². The summed E-state index contributed by atoms with van der Waals surface area (Å²) in [6, 6.07) is 16.6.